The van der Waals surface area contributed by atoms with Crippen molar-refractivity contribution in [2.45, 2.75) is 88.6 Å². The zero-order valence-corrected chi connectivity index (χ0v) is 26.6. The Balaban J connectivity index is 1.71. The fourth-order valence-corrected chi connectivity index (χ4v) is 5.52. The van der Waals surface area contributed by atoms with Gasteiger partial charge in [0.25, 0.3) is 0 Å². The summed E-state index contributed by atoms with van der Waals surface area (Å²) in [6.07, 6.45) is -13.7. The number of phenols is 1. The molecule has 2 aliphatic rings. The van der Waals surface area contributed by atoms with Gasteiger partial charge in [0.05, 0.1) is 19.8 Å². The smallest absolute Gasteiger partial charge is 0.239 e. The summed E-state index contributed by atoms with van der Waals surface area (Å²) in [5.74, 6) is -0.922. The Kier molecular flexibility index (Phi) is 10.6. The van der Waals surface area contributed by atoms with Gasteiger partial charge in [0.1, 0.15) is 70.9 Å². The summed E-state index contributed by atoms with van der Waals surface area (Å²) < 4.78 is 34.5. The molecule has 48 heavy (non-hydrogen) atoms. The molecule has 3 aromatic rings. The van der Waals surface area contributed by atoms with Gasteiger partial charge >= 0.3 is 0 Å². The maximum atomic E-state index is 14.3. The highest BCUT2D eigenvalue weighted by molar-refractivity contribution is 5.91. The highest BCUT2D eigenvalue weighted by Crippen LogP contribution is 2.41. The molecule has 0 aliphatic carbocycles. The van der Waals surface area contributed by atoms with Gasteiger partial charge in [-0.05, 0) is 51.5 Å². The fourth-order valence-electron chi connectivity index (χ4n) is 5.52. The van der Waals surface area contributed by atoms with Crippen LogP contribution in [-0.4, -0.2) is 116 Å². The van der Waals surface area contributed by atoms with E-state index in [4.69, 9.17) is 28.1 Å². The Morgan fingerprint density at radius 2 is 1.50 bits per heavy atom. The van der Waals surface area contributed by atoms with Crippen LogP contribution in [0.25, 0.3) is 22.3 Å². The molecular formula is C33H40O15. The Hall–Kier alpha value is -3.77. The van der Waals surface area contributed by atoms with E-state index in [1.54, 1.807) is 30.3 Å². The van der Waals surface area contributed by atoms with E-state index in [-0.39, 0.29) is 34.5 Å². The molecule has 2 aliphatic heterocycles. The molecule has 1 aromatic heterocycles. The molecule has 3 heterocycles. The van der Waals surface area contributed by atoms with E-state index >= 15 is 0 Å². The molecule has 8 N–H and O–H groups in total. The lowest BCUT2D eigenvalue weighted by Gasteiger charge is -2.39. The zero-order chi connectivity index (χ0) is 35.0. The van der Waals surface area contributed by atoms with E-state index in [1.165, 1.54) is 14.0 Å². The maximum absolute atomic E-state index is 14.3. The van der Waals surface area contributed by atoms with E-state index in [0.717, 1.165) is 11.6 Å². The molecule has 15 nitrogen and oxygen atoms in total. The van der Waals surface area contributed by atoms with Crippen molar-refractivity contribution in [2.24, 2.45) is 0 Å². The first-order chi connectivity index (χ1) is 22.8. The van der Waals surface area contributed by atoms with Gasteiger partial charge in [0.2, 0.25) is 23.8 Å². The Labute approximate surface area is 274 Å². The molecule has 5 rings (SSSR count). The number of hydrogen-bond donors (Lipinski definition) is 8. The third-order valence-corrected chi connectivity index (χ3v) is 8.37. The minimum atomic E-state index is -1.77. The number of rotatable bonds is 9. The first-order valence-corrected chi connectivity index (χ1v) is 15.2. The number of hydrogen-bond acceptors (Lipinski definition) is 15. The minimum absolute atomic E-state index is 0.0725. The predicted octanol–water partition coefficient (Wildman–Crippen LogP) is 0.0679. The molecule has 0 bridgehead atoms. The molecule has 0 saturated carbocycles. The maximum Gasteiger partial charge on any atom is 0.239 e. The molecule has 0 amide bonds. The number of aliphatic hydroxyl groups is 7. The van der Waals surface area contributed by atoms with Crippen molar-refractivity contribution in [1.82, 2.24) is 0 Å². The number of aromatic hydroxyl groups is 1. The molecule has 2 fully saturated rings. The van der Waals surface area contributed by atoms with Crippen LogP contribution < -0.4 is 19.6 Å². The summed E-state index contributed by atoms with van der Waals surface area (Å²) in [7, 11) is 1.47. The van der Waals surface area contributed by atoms with Crippen LogP contribution in [0.3, 0.4) is 0 Å². The number of allylic oxidation sites excluding steroid dienone is 2. The molecule has 10 atom stereocenters. The number of benzene rings is 2. The summed E-state index contributed by atoms with van der Waals surface area (Å²) >= 11 is 0. The minimum Gasteiger partial charge on any atom is -0.507 e. The van der Waals surface area contributed by atoms with E-state index in [2.05, 4.69) is 0 Å². The van der Waals surface area contributed by atoms with Gasteiger partial charge in [0.15, 0.2) is 5.76 Å². The van der Waals surface area contributed by atoms with Crippen LogP contribution in [0.2, 0.25) is 0 Å². The van der Waals surface area contributed by atoms with Gasteiger partial charge < -0.3 is 69.0 Å². The van der Waals surface area contributed by atoms with Crippen molar-refractivity contribution in [3.8, 4) is 34.3 Å². The van der Waals surface area contributed by atoms with Crippen LogP contribution in [-0.2, 0) is 15.9 Å². The van der Waals surface area contributed by atoms with Gasteiger partial charge in [-0.25, -0.2) is 0 Å². The van der Waals surface area contributed by atoms with E-state index < -0.39 is 84.9 Å². The van der Waals surface area contributed by atoms with Gasteiger partial charge in [0, 0.05) is 17.2 Å². The van der Waals surface area contributed by atoms with Crippen molar-refractivity contribution in [2.75, 3.05) is 13.7 Å². The highest BCUT2D eigenvalue weighted by atomic mass is 16.7. The third-order valence-electron chi connectivity index (χ3n) is 8.37. The lowest BCUT2D eigenvalue weighted by atomic mass is 9.99. The second-order valence-electron chi connectivity index (χ2n) is 12.0. The first-order valence-electron chi connectivity index (χ1n) is 15.2. The number of aliphatic hydroxyl groups excluding tert-OH is 7. The van der Waals surface area contributed by atoms with Gasteiger partial charge in [-0.3, -0.25) is 4.79 Å². The predicted molar refractivity (Wildman–Crippen MR) is 167 cm³/mol. The quantitative estimate of drug-likeness (QED) is 0.140. The largest absolute Gasteiger partial charge is 0.507 e. The zero-order valence-electron chi connectivity index (χ0n) is 26.6. The van der Waals surface area contributed by atoms with Crippen LogP contribution in [0.4, 0.5) is 0 Å². The number of fused-ring (bicyclic) bond motifs is 1. The second kappa shape index (κ2) is 14.4. The molecule has 262 valence electrons. The highest BCUT2D eigenvalue weighted by Gasteiger charge is 2.46. The first kappa shape index (κ1) is 35.5. The Morgan fingerprint density at radius 1 is 0.875 bits per heavy atom. The average molecular weight is 677 g/mol. The van der Waals surface area contributed by atoms with Crippen molar-refractivity contribution in [3.05, 3.63) is 57.8 Å². The molecule has 2 aromatic carbocycles. The van der Waals surface area contributed by atoms with E-state index in [9.17, 15) is 45.6 Å². The topological polar surface area (TPSA) is 238 Å². The van der Waals surface area contributed by atoms with Crippen molar-refractivity contribution in [3.63, 3.8) is 0 Å². The molecule has 15 heteroatoms. The van der Waals surface area contributed by atoms with E-state index in [0.29, 0.717) is 11.3 Å². The van der Waals surface area contributed by atoms with Crippen LogP contribution in [0, 0.1) is 0 Å². The third kappa shape index (κ3) is 6.74. The average Bonchev–Trinajstić information content (AvgIpc) is 3.06. The van der Waals surface area contributed by atoms with E-state index in [1.807, 2.05) is 13.8 Å². The number of methoxy groups -OCH3 is 1. The van der Waals surface area contributed by atoms with Crippen LogP contribution >= 0.6 is 0 Å². The molecule has 3 unspecified atom stereocenters. The lowest BCUT2D eigenvalue weighted by molar-refractivity contribution is -0.277. The van der Waals surface area contributed by atoms with Crippen molar-refractivity contribution in [1.29, 1.82) is 0 Å². The molecular weight excluding hydrogens is 636 g/mol. The number of phenolic OH excluding ortho intramolecular Hbond substituents is 1. The van der Waals surface area contributed by atoms with Gasteiger partial charge in [-0.15, -0.1) is 0 Å². The molecule has 0 radical (unpaired) electrons. The van der Waals surface area contributed by atoms with Crippen molar-refractivity contribution < 1.29 is 69.0 Å². The normalized spacial score (nSPS) is 30.6. The summed E-state index contributed by atoms with van der Waals surface area (Å²) in [4.78, 5) is 14.3. The van der Waals surface area contributed by atoms with Crippen LogP contribution in [0.15, 0.2) is 51.2 Å². The molecule has 0 spiro atoms. The fraction of sp³-hybridized carbons (Fsp3) is 0.485. The van der Waals surface area contributed by atoms with Gasteiger partial charge in [-0.1, -0.05) is 11.6 Å². The van der Waals surface area contributed by atoms with Crippen LogP contribution in [0.1, 0.15) is 26.3 Å². The SMILES string of the molecule is COc1ccc(-c2oc3c(CC=C(C)C)c(OC4O[C@H](CO)[C@@H](O)[C@H](O)[C@H]4O)cc(O)c3c(=O)c2OC2O[C@@H](C)C(O)[C@@H](O)[C@H]2O)cc1. The standard InChI is InChI=1S/C33H40O15/c1-13(2)5-10-17-19(45-33-28(42)26(40)23(37)20(12-34)46-33)11-18(35)21-24(38)31(48-32-27(41)25(39)22(36)14(3)44-32)29(47-30(17)21)15-6-8-16(43-4)9-7-15/h5-9,11,14,20,22-23,25-28,32-37,39-42H,10,12H2,1-4H3/t14-,20+,22?,23+,25+,26-,27+,28+,32?,33?/m0/s1. The van der Waals surface area contributed by atoms with Crippen LogP contribution in [0.5, 0.6) is 23.0 Å². The Bertz CT molecular complexity index is 1680. The molecule has 2 saturated heterocycles. The monoisotopic (exact) mass is 676 g/mol. The number of ether oxygens (including phenoxy) is 5. The lowest BCUT2D eigenvalue weighted by Crippen LogP contribution is -2.60. The Morgan fingerprint density at radius 3 is 2.10 bits per heavy atom. The summed E-state index contributed by atoms with van der Waals surface area (Å²) in [5.41, 5.74) is 0.341. The summed E-state index contributed by atoms with van der Waals surface area (Å²) in [6, 6.07) is 7.41. The summed E-state index contributed by atoms with van der Waals surface area (Å²) in [5, 5.41) is 82.9. The van der Waals surface area contributed by atoms with Crippen molar-refractivity contribution >= 4 is 11.0 Å². The second-order valence-corrected chi connectivity index (χ2v) is 12.0. The summed E-state index contributed by atoms with van der Waals surface area (Å²) in [6.45, 7) is 4.40. The van der Waals surface area contributed by atoms with Gasteiger partial charge in [-0.2, -0.15) is 0 Å².